The molecule has 0 bridgehead atoms. The summed E-state index contributed by atoms with van der Waals surface area (Å²) in [6.07, 6.45) is 0. The summed E-state index contributed by atoms with van der Waals surface area (Å²) in [7, 11) is 0. The molecule has 0 spiro atoms. The highest BCUT2D eigenvalue weighted by atomic mass is 16.3. The van der Waals surface area contributed by atoms with Gasteiger partial charge in [-0.1, -0.05) is 328 Å². The van der Waals surface area contributed by atoms with Gasteiger partial charge in [0.25, 0.3) is 0 Å². The van der Waals surface area contributed by atoms with Gasteiger partial charge in [-0.2, -0.15) is 0 Å². The van der Waals surface area contributed by atoms with Crippen LogP contribution in [0.15, 0.2) is 397 Å². The van der Waals surface area contributed by atoms with Crippen LogP contribution in [0.1, 0.15) is 33.4 Å². The van der Waals surface area contributed by atoms with Gasteiger partial charge in [-0.25, -0.2) is 0 Å². The van der Waals surface area contributed by atoms with Crippen molar-refractivity contribution >= 4 is 121 Å². The fourth-order valence-corrected chi connectivity index (χ4v) is 18.9. The second-order valence-corrected chi connectivity index (χ2v) is 28.4. The molecule has 22 rings (SSSR count). The molecule has 0 fully saturated rings. The predicted octanol–water partition coefficient (Wildman–Crippen LogP) is 27.7. The Bertz CT molecular complexity index is 6520. The lowest BCUT2D eigenvalue weighted by atomic mass is 9.49. The molecular formula is C102H64N2O2. The predicted molar refractivity (Wildman–Crippen MR) is 441 cm³/mol. The second-order valence-electron chi connectivity index (χ2n) is 28.4. The Morgan fingerprint density at radius 2 is 0.509 bits per heavy atom. The van der Waals surface area contributed by atoms with Gasteiger partial charge in [-0.3, -0.25) is 0 Å². The number of rotatable bonds is 11. The standard InChI is InChI=1S/C102H64N2O2/c1-5-27-65(28-6-1)67-51-57-73(58-52-67)103(89-47-25-45-83-79-41-21-23-49-93(79)105-99(83)89)91-63-87-97(81-43-19-17-39-77(81)91)95-75-37-15-13-31-69(75)55-61-85(95)101(87,71-33-9-3-10-34-71)102(72-35-11-4-12-36-72)86-62-56-70-32-14-16-38-76(70)96(86)98-82-44-20-18-40-78(82)92(64-88(98)102)104(74-59-53-68(54-60-74)66-29-7-2-8-30-66)90-48-26-46-84-80-42-22-24-50-94(80)106-100(84)90/h1-64H. The Hall–Kier alpha value is -13.8. The quantitative estimate of drug-likeness (QED) is 0.129. The van der Waals surface area contributed by atoms with E-state index in [4.69, 9.17) is 8.83 Å². The smallest absolute Gasteiger partial charge is 0.159 e. The first-order chi connectivity index (χ1) is 52.6. The van der Waals surface area contributed by atoms with Gasteiger partial charge in [0.15, 0.2) is 11.2 Å². The molecule has 494 valence electrons. The van der Waals surface area contributed by atoms with Crippen LogP contribution in [-0.2, 0) is 10.8 Å². The van der Waals surface area contributed by atoms with Gasteiger partial charge in [-0.15, -0.1) is 0 Å². The molecular weight excluding hydrogens is 1290 g/mol. The van der Waals surface area contributed by atoms with Gasteiger partial charge in [0.05, 0.1) is 33.6 Å². The molecule has 0 saturated carbocycles. The van der Waals surface area contributed by atoms with Crippen molar-refractivity contribution in [2.24, 2.45) is 0 Å². The maximum Gasteiger partial charge on any atom is 0.159 e. The fourth-order valence-electron chi connectivity index (χ4n) is 18.9. The van der Waals surface area contributed by atoms with Crippen LogP contribution in [0.3, 0.4) is 0 Å². The summed E-state index contributed by atoms with van der Waals surface area (Å²) in [5.74, 6) is 0. The Labute approximate surface area is 612 Å². The Kier molecular flexibility index (Phi) is 13.2. The molecule has 2 aliphatic carbocycles. The molecule has 18 aromatic carbocycles. The summed E-state index contributed by atoms with van der Waals surface area (Å²) >= 11 is 0. The lowest BCUT2D eigenvalue weighted by Gasteiger charge is -2.51. The third-order valence-electron chi connectivity index (χ3n) is 23.2. The van der Waals surface area contributed by atoms with E-state index >= 15 is 0 Å². The van der Waals surface area contributed by atoms with Crippen molar-refractivity contribution in [3.8, 4) is 44.5 Å². The first-order valence-corrected chi connectivity index (χ1v) is 36.6. The summed E-state index contributed by atoms with van der Waals surface area (Å²) in [5.41, 5.74) is 23.6. The summed E-state index contributed by atoms with van der Waals surface area (Å²) in [6.45, 7) is 0. The number of nitrogens with zero attached hydrogens (tertiary/aromatic N) is 2. The molecule has 2 aromatic heterocycles. The monoisotopic (exact) mass is 1350 g/mol. The summed E-state index contributed by atoms with van der Waals surface area (Å²) in [5, 5.41) is 13.5. The van der Waals surface area contributed by atoms with Gasteiger partial charge >= 0.3 is 0 Å². The van der Waals surface area contributed by atoms with Crippen molar-refractivity contribution < 1.29 is 8.83 Å². The second kappa shape index (κ2) is 23.4. The minimum atomic E-state index is -1.11. The average Bonchev–Trinajstić information content (AvgIpc) is 1.46. The van der Waals surface area contributed by atoms with Gasteiger partial charge in [0, 0.05) is 43.7 Å². The molecule has 20 aromatic rings. The lowest BCUT2D eigenvalue weighted by Crippen LogP contribution is -2.50. The minimum absolute atomic E-state index is 0.812. The van der Waals surface area contributed by atoms with E-state index in [2.05, 4.69) is 398 Å². The van der Waals surface area contributed by atoms with Crippen LogP contribution in [0, 0.1) is 0 Å². The normalized spacial score (nSPS) is 15.1. The molecule has 0 N–H and O–H groups in total. The highest BCUT2D eigenvalue weighted by Gasteiger charge is 2.65. The van der Waals surface area contributed by atoms with Crippen LogP contribution >= 0.6 is 0 Å². The zero-order valence-corrected chi connectivity index (χ0v) is 57.7. The van der Waals surface area contributed by atoms with Crippen molar-refractivity contribution in [3.63, 3.8) is 0 Å². The zero-order valence-electron chi connectivity index (χ0n) is 57.7. The third kappa shape index (κ3) is 8.46. The molecule has 0 saturated heterocycles. The van der Waals surface area contributed by atoms with Crippen LogP contribution in [0.5, 0.6) is 0 Å². The molecule has 0 amide bonds. The molecule has 106 heavy (non-hydrogen) atoms. The number of hydrogen-bond acceptors (Lipinski definition) is 4. The SMILES string of the molecule is c1ccc(-c2ccc(N(c3cc4c(c5ccccc35)-c3c(ccc5ccccc35)C4(c3ccccc3)C3(c4ccccc4)c4ccc5ccccc5c4-c4c3cc(N(c3ccc(-c5ccccc5)cc3)c3cccc5c3oc3ccccc35)c3ccccc43)c3cccc4c3oc3ccccc34)cc2)cc1. The van der Waals surface area contributed by atoms with Crippen LogP contribution < -0.4 is 9.80 Å². The van der Waals surface area contributed by atoms with Crippen molar-refractivity contribution in [3.05, 3.63) is 422 Å². The van der Waals surface area contributed by atoms with Gasteiger partial charge < -0.3 is 18.6 Å². The summed E-state index contributed by atoms with van der Waals surface area (Å²) in [4.78, 5) is 5.01. The Morgan fingerprint density at radius 3 is 0.915 bits per heavy atom. The van der Waals surface area contributed by atoms with E-state index in [0.29, 0.717) is 0 Å². The maximum absolute atomic E-state index is 7.23. The molecule has 2 heterocycles. The van der Waals surface area contributed by atoms with E-state index < -0.39 is 10.8 Å². The number of furan rings is 2. The van der Waals surface area contributed by atoms with Crippen LogP contribution in [-0.4, -0.2) is 0 Å². The first kappa shape index (κ1) is 59.8. The highest BCUT2D eigenvalue weighted by molar-refractivity contribution is 6.21. The Balaban J connectivity index is 0.934. The molecule has 2 unspecified atom stereocenters. The number of para-hydroxylation sites is 4. The number of fused-ring (bicyclic) bond motifs is 20. The van der Waals surface area contributed by atoms with Gasteiger partial charge in [-0.05, 0) is 171 Å². The zero-order chi connectivity index (χ0) is 69.6. The molecule has 4 nitrogen and oxygen atoms in total. The van der Waals surface area contributed by atoms with Crippen LogP contribution in [0.4, 0.5) is 34.1 Å². The summed E-state index contributed by atoms with van der Waals surface area (Å²) < 4.78 is 14.5. The van der Waals surface area contributed by atoms with E-state index in [0.717, 1.165) is 133 Å². The van der Waals surface area contributed by atoms with Crippen LogP contribution in [0.25, 0.3) is 131 Å². The molecule has 0 radical (unpaired) electrons. The number of anilines is 6. The van der Waals surface area contributed by atoms with Crippen LogP contribution in [0.2, 0.25) is 0 Å². The maximum atomic E-state index is 7.23. The number of benzene rings is 18. The van der Waals surface area contributed by atoms with E-state index in [1.54, 1.807) is 0 Å². The summed E-state index contributed by atoms with van der Waals surface area (Å²) in [6, 6.07) is 145. The number of hydrogen-bond donors (Lipinski definition) is 0. The van der Waals surface area contributed by atoms with E-state index in [9.17, 15) is 0 Å². The van der Waals surface area contributed by atoms with E-state index in [1.165, 1.54) is 66.1 Å². The highest BCUT2D eigenvalue weighted by Crippen LogP contribution is 2.73. The third-order valence-corrected chi connectivity index (χ3v) is 23.2. The first-order valence-electron chi connectivity index (χ1n) is 36.6. The van der Waals surface area contributed by atoms with E-state index in [1.807, 2.05) is 0 Å². The topological polar surface area (TPSA) is 32.8 Å². The molecule has 4 heteroatoms. The average molecular weight is 1350 g/mol. The van der Waals surface area contributed by atoms with Crippen molar-refractivity contribution in [2.75, 3.05) is 9.80 Å². The molecule has 2 aliphatic rings. The van der Waals surface area contributed by atoms with Crippen molar-refractivity contribution in [2.45, 2.75) is 10.8 Å². The fraction of sp³-hybridized carbons (Fsp3) is 0.0196. The lowest BCUT2D eigenvalue weighted by molar-refractivity contribution is 0.438. The molecule has 0 aliphatic heterocycles. The van der Waals surface area contributed by atoms with Gasteiger partial charge in [0.2, 0.25) is 0 Å². The van der Waals surface area contributed by atoms with E-state index in [-0.39, 0.29) is 0 Å². The van der Waals surface area contributed by atoms with Gasteiger partial charge in [0.1, 0.15) is 11.2 Å². The Morgan fingerprint density at radius 1 is 0.198 bits per heavy atom. The largest absolute Gasteiger partial charge is 0.454 e. The van der Waals surface area contributed by atoms with Crippen molar-refractivity contribution in [1.82, 2.24) is 0 Å². The molecule has 2 atom stereocenters. The van der Waals surface area contributed by atoms with Crippen molar-refractivity contribution in [1.29, 1.82) is 0 Å². The minimum Gasteiger partial charge on any atom is -0.454 e.